The molecule has 1 N–H and O–H groups in total. The molecule has 2 atom stereocenters. The van der Waals surface area contributed by atoms with Gasteiger partial charge in [0.15, 0.2) is 0 Å². The van der Waals surface area contributed by atoms with Crippen molar-refractivity contribution in [1.29, 1.82) is 0 Å². The largest absolute Gasteiger partial charge is 0.307 e. The molecule has 2 unspecified atom stereocenters. The first-order chi connectivity index (χ1) is 4.61. The van der Waals surface area contributed by atoms with E-state index in [1.54, 1.807) is 0 Å². The van der Waals surface area contributed by atoms with E-state index >= 15 is 0 Å². The highest BCUT2D eigenvalue weighted by Crippen LogP contribution is 2.53. The predicted molar refractivity (Wildman–Crippen MR) is 43.6 cm³/mol. The summed E-state index contributed by atoms with van der Waals surface area (Å²) in [5, 5.41) is 3.13. The van der Waals surface area contributed by atoms with E-state index in [1.165, 1.54) is 6.42 Å². The van der Waals surface area contributed by atoms with Crippen LogP contribution in [0.5, 0.6) is 0 Å². The van der Waals surface area contributed by atoms with Crippen LogP contribution in [0.3, 0.4) is 0 Å². The Morgan fingerprint density at radius 1 is 1.70 bits per heavy atom. The summed E-state index contributed by atoms with van der Waals surface area (Å²) in [6.07, 6.45) is 6.60. The predicted octanol–water partition coefficient (Wildman–Crippen LogP) is 1.25. The molecule has 56 valence electrons. The van der Waals surface area contributed by atoms with Crippen LogP contribution in [0.15, 0.2) is 0 Å². The zero-order valence-electron chi connectivity index (χ0n) is 6.94. The fourth-order valence-corrected chi connectivity index (χ4v) is 1.48. The Hall–Kier alpha value is -0.480. The Labute approximate surface area is 63.2 Å². The van der Waals surface area contributed by atoms with Crippen LogP contribution >= 0.6 is 0 Å². The van der Waals surface area contributed by atoms with Crippen molar-refractivity contribution >= 4 is 0 Å². The molecule has 0 aromatic rings. The van der Waals surface area contributed by atoms with Gasteiger partial charge in [0.05, 0.1) is 6.04 Å². The maximum Gasteiger partial charge on any atom is 0.0718 e. The van der Waals surface area contributed by atoms with Crippen molar-refractivity contribution in [2.75, 3.05) is 7.05 Å². The van der Waals surface area contributed by atoms with E-state index in [9.17, 15) is 0 Å². The van der Waals surface area contributed by atoms with Crippen LogP contribution in [0.4, 0.5) is 0 Å². The minimum absolute atomic E-state index is 0.287. The summed E-state index contributed by atoms with van der Waals surface area (Å²) < 4.78 is 0. The molecule has 0 bridgehead atoms. The average molecular weight is 137 g/mol. The third kappa shape index (κ3) is 1.17. The maximum atomic E-state index is 5.33. The van der Waals surface area contributed by atoms with Crippen LogP contribution in [0.1, 0.15) is 20.3 Å². The molecule has 1 nitrogen and oxygen atoms in total. The third-order valence-corrected chi connectivity index (χ3v) is 2.48. The summed E-state index contributed by atoms with van der Waals surface area (Å²) in [5.41, 5.74) is 0.486. The van der Waals surface area contributed by atoms with Crippen LogP contribution in [-0.4, -0.2) is 13.1 Å². The van der Waals surface area contributed by atoms with E-state index in [0.29, 0.717) is 11.3 Å². The Balaban J connectivity index is 2.46. The van der Waals surface area contributed by atoms with E-state index in [4.69, 9.17) is 6.42 Å². The van der Waals surface area contributed by atoms with E-state index in [2.05, 4.69) is 25.1 Å². The lowest BCUT2D eigenvalue weighted by molar-refractivity contribution is 0.492. The van der Waals surface area contributed by atoms with Gasteiger partial charge in [-0.1, -0.05) is 19.8 Å². The average Bonchev–Trinajstić information content (AvgIpc) is 2.44. The normalized spacial score (nSPS) is 30.8. The smallest absolute Gasteiger partial charge is 0.0718 e. The summed E-state index contributed by atoms with van der Waals surface area (Å²) >= 11 is 0. The molecular formula is C9H15N. The van der Waals surface area contributed by atoms with Crippen molar-refractivity contribution in [3.8, 4) is 12.3 Å². The highest BCUT2D eigenvalue weighted by Gasteiger charge is 2.49. The fraction of sp³-hybridized carbons (Fsp3) is 0.778. The van der Waals surface area contributed by atoms with E-state index < -0.39 is 0 Å². The third-order valence-electron chi connectivity index (χ3n) is 2.48. The van der Waals surface area contributed by atoms with Crippen molar-refractivity contribution in [3.63, 3.8) is 0 Å². The van der Waals surface area contributed by atoms with Gasteiger partial charge in [-0.05, 0) is 24.8 Å². The summed E-state index contributed by atoms with van der Waals surface area (Å²) in [4.78, 5) is 0. The van der Waals surface area contributed by atoms with Crippen molar-refractivity contribution in [3.05, 3.63) is 0 Å². The molecular weight excluding hydrogens is 122 g/mol. The zero-order valence-corrected chi connectivity index (χ0v) is 6.94. The van der Waals surface area contributed by atoms with Gasteiger partial charge in [0.2, 0.25) is 0 Å². The van der Waals surface area contributed by atoms with E-state index in [0.717, 1.165) is 0 Å². The molecule has 1 heteroatoms. The summed E-state index contributed by atoms with van der Waals surface area (Å²) in [5.74, 6) is 3.45. The second kappa shape index (κ2) is 2.29. The standard InChI is InChI=1S/C9H15N/c1-5-8(10-4)7-6-9(7,2)3/h1,7-8,10H,6H2,2-4H3. The van der Waals surface area contributed by atoms with Crippen LogP contribution in [0.2, 0.25) is 0 Å². The molecule has 0 heterocycles. The molecule has 0 amide bonds. The summed E-state index contributed by atoms with van der Waals surface area (Å²) in [7, 11) is 1.93. The number of rotatable bonds is 2. The quantitative estimate of drug-likeness (QED) is 0.565. The molecule has 0 saturated heterocycles. The van der Waals surface area contributed by atoms with Gasteiger partial charge in [-0.3, -0.25) is 0 Å². The first-order valence-electron chi connectivity index (χ1n) is 3.75. The van der Waals surface area contributed by atoms with Gasteiger partial charge in [-0.25, -0.2) is 0 Å². The van der Waals surface area contributed by atoms with Crippen molar-refractivity contribution in [2.45, 2.75) is 26.3 Å². The van der Waals surface area contributed by atoms with Gasteiger partial charge in [-0.15, -0.1) is 6.42 Å². The van der Waals surface area contributed by atoms with Crippen LogP contribution in [0.25, 0.3) is 0 Å². The van der Waals surface area contributed by atoms with Gasteiger partial charge >= 0.3 is 0 Å². The van der Waals surface area contributed by atoms with Gasteiger partial charge < -0.3 is 5.32 Å². The number of hydrogen-bond acceptors (Lipinski definition) is 1. The first-order valence-corrected chi connectivity index (χ1v) is 3.75. The minimum Gasteiger partial charge on any atom is -0.307 e. The highest BCUT2D eigenvalue weighted by molar-refractivity contribution is 5.12. The zero-order chi connectivity index (χ0) is 7.78. The Morgan fingerprint density at radius 3 is 2.30 bits per heavy atom. The number of hydrogen-bond donors (Lipinski definition) is 1. The monoisotopic (exact) mass is 137 g/mol. The van der Waals surface area contributed by atoms with Crippen molar-refractivity contribution in [1.82, 2.24) is 5.32 Å². The van der Waals surface area contributed by atoms with Gasteiger partial charge in [-0.2, -0.15) is 0 Å². The lowest BCUT2D eigenvalue weighted by Gasteiger charge is -2.10. The lowest BCUT2D eigenvalue weighted by atomic mass is 10.0. The second-order valence-corrected chi connectivity index (χ2v) is 3.73. The summed E-state index contributed by atoms with van der Waals surface area (Å²) in [6.45, 7) is 4.53. The first kappa shape index (κ1) is 7.63. The van der Waals surface area contributed by atoms with Crippen molar-refractivity contribution < 1.29 is 0 Å². The molecule has 1 aliphatic rings. The Bertz CT molecular complexity index is 164. The second-order valence-electron chi connectivity index (χ2n) is 3.73. The number of nitrogens with one attached hydrogen (secondary N) is 1. The molecule has 0 aromatic carbocycles. The molecule has 0 radical (unpaired) electrons. The molecule has 0 aliphatic heterocycles. The van der Waals surface area contributed by atoms with E-state index in [-0.39, 0.29) is 6.04 Å². The maximum absolute atomic E-state index is 5.33. The number of terminal acetylenes is 1. The molecule has 1 rings (SSSR count). The van der Waals surface area contributed by atoms with Gasteiger partial charge in [0, 0.05) is 0 Å². The molecule has 1 fully saturated rings. The van der Waals surface area contributed by atoms with Crippen LogP contribution < -0.4 is 5.32 Å². The molecule has 1 saturated carbocycles. The van der Waals surface area contributed by atoms with Crippen LogP contribution in [0, 0.1) is 23.7 Å². The minimum atomic E-state index is 0.287. The molecule has 0 aromatic heterocycles. The molecule has 1 aliphatic carbocycles. The fourth-order valence-electron chi connectivity index (χ4n) is 1.48. The van der Waals surface area contributed by atoms with Crippen molar-refractivity contribution in [2.24, 2.45) is 11.3 Å². The lowest BCUT2D eigenvalue weighted by Crippen LogP contribution is -2.27. The SMILES string of the molecule is C#CC(NC)C1CC1(C)C. The van der Waals surface area contributed by atoms with Gasteiger partial charge in [0.1, 0.15) is 0 Å². The topological polar surface area (TPSA) is 12.0 Å². The molecule has 10 heavy (non-hydrogen) atoms. The highest BCUT2D eigenvalue weighted by atomic mass is 14.9. The van der Waals surface area contributed by atoms with Gasteiger partial charge in [0.25, 0.3) is 0 Å². The van der Waals surface area contributed by atoms with Crippen LogP contribution in [-0.2, 0) is 0 Å². The van der Waals surface area contributed by atoms with E-state index in [1.807, 2.05) is 7.05 Å². The molecule has 0 spiro atoms. The Kier molecular flexibility index (Phi) is 1.74. The summed E-state index contributed by atoms with van der Waals surface area (Å²) in [6, 6.07) is 0.287. The Morgan fingerprint density at radius 2 is 2.20 bits per heavy atom.